The summed E-state index contributed by atoms with van der Waals surface area (Å²) in [5.41, 5.74) is 4.94. The van der Waals surface area contributed by atoms with E-state index < -0.39 is 21.8 Å². The van der Waals surface area contributed by atoms with Gasteiger partial charge < -0.3 is 9.72 Å². The van der Waals surface area contributed by atoms with Gasteiger partial charge in [-0.05, 0) is 42.5 Å². The molecule has 4 N–H and O–H groups in total. The number of aromatic nitrogens is 1. The standard InChI is InChI=1S/C20H18N4O5S2/c1-29-17-10-3-2-9-16(17)24-31(27,28)14-7-4-6-13(12-14)18(25)22-23-19(26)15-8-5-11-21-20(15)30/h2-12,24H,1H3,(H,21,30)(H,22,25)(H,23,26). The highest BCUT2D eigenvalue weighted by Gasteiger charge is 2.18. The number of H-pyrrole nitrogens is 1. The fourth-order valence-corrected chi connectivity index (χ4v) is 3.94. The lowest BCUT2D eigenvalue weighted by Gasteiger charge is -2.12. The number of rotatable bonds is 6. The summed E-state index contributed by atoms with van der Waals surface area (Å²) < 4.78 is 33.3. The normalized spacial score (nSPS) is 10.7. The summed E-state index contributed by atoms with van der Waals surface area (Å²) in [4.78, 5) is 27.1. The zero-order chi connectivity index (χ0) is 22.4. The van der Waals surface area contributed by atoms with Crippen molar-refractivity contribution in [2.24, 2.45) is 0 Å². The summed E-state index contributed by atoms with van der Waals surface area (Å²) in [5.74, 6) is -0.965. The van der Waals surface area contributed by atoms with Crippen molar-refractivity contribution in [3.8, 4) is 5.75 Å². The maximum absolute atomic E-state index is 12.7. The van der Waals surface area contributed by atoms with Gasteiger partial charge in [0.25, 0.3) is 21.8 Å². The molecular weight excluding hydrogens is 440 g/mol. The molecule has 2 aromatic carbocycles. The molecule has 2 amide bonds. The Hall–Kier alpha value is -3.70. The minimum atomic E-state index is -4.00. The number of amides is 2. The lowest BCUT2D eigenvalue weighted by atomic mass is 10.2. The molecule has 0 bridgehead atoms. The van der Waals surface area contributed by atoms with E-state index in [-0.39, 0.29) is 26.4 Å². The smallest absolute Gasteiger partial charge is 0.272 e. The van der Waals surface area contributed by atoms with Crippen LogP contribution in [-0.4, -0.2) is 32.3 Å². The van der Waals surface area contributed by atoms with Crippen LogP contribution >= 0.6 is 12.2 Å². The monoisotopic (exact) mass is 458 g/mol. The maximum Gasteiger partial charge on any atom is 0.272 e. The van der Waals surface area contributed by atoms with E-state index in [4.69, 9.17) is 17.0 Å². The van der Waals surface area contributed by atoms with Crippen molar-refractivity contribution in [2.75, 3.05) is 11.8 Å². The Kier molecular flexibility index (Phi) is 6.68. The largest absolute Gasteiger partial charge is 0.495 e. The van der Waals surface area contributed by atoms with E-state index in [9.17, 15) is 18.0 Å². The Labute approximate surface area is 183 Å². The van der Waals surface area contributed by atoms with Gasteiger partial charge in [0.1, 0.15) is 10.4 Å². The van der Waals surface area contributed by atoms with Crippen LogP contribution in [0, 0.1) is 4.64 Å². The Morgan fingerprint density at radius 3 is 2.45 bits per heavy atom. The first-order chi connectivity index (χ1) is 14.8. The third-order valence-electron chi connectivity index (χ3n) is 4.11. The molecule has 9 nitrogen and oxygen atoms in total. The van der Waals surface area contributed by atoms with E-state index in [0.717, 1.165) is 0 Å². The van der Waals surface area contributed by atoms with Crippen molar-refractivity contribution in [3.63, 3.8) is 0 Å². The predicted molar refractivity (Wildman–Crippen MR) is 117 cm³/mol. The van der Waals surface area contributed by atoms with Crippen LogP contribution in [0.4, 0.5) is 5.69 Å². The van der Waals surface area contributed by atoms with E-state index in [1.165, 1.54) is 37.4 Å². The van der Waals surface area contributed by atoms with Gasteiger partial charge in [-0.15, -0.1) is 0 Å². The highest BCUT2D eigenvalue weighted by molar-refractivity contribution is 7.92. The van der Waals surface area contributed by atoms with E-state index in [1.807, 2.05) is 0 Å². The molecule has 0 spiro atoms. The van der Waals surface area contributed by atoms with Crippen LogP contribution in [0.25, 0.3) is 0 Å². The number of hydrogen-bond donors (Lipinski definition) is 4. The number of hydrogen-bond acceptors (Lipinski definition) is 6. The fourth-order valence-electron chi connectivity index (χ4n) is 2.59. The molecule has 160 valence electrons. The topological polar surface area (TPSA) is 129 Å². The maximum atomic E-state index is 12.7. The number of carbonyl (C=O) groups excluding carboxylic acids is 2. The SMILES string of the molecule is COc1ccccc1NS(=O)(=O)c1cccc(C(=O)NNC(=O)c2ccc[nH]c2=S)c1. The van der Waals surface area contributed by atoms with Crippen molar-refractivity contribution in [2.45, 2.75) is 4.90 Å². The molecule has 1 aromatic heterocycles. The van der Waals surface area contributed by atoms with Crippen LogP contribution in [0.3, 0.4) is 0 Å². The van der Waals surface area contributed by atoms with Gasteiger partial charge in [-0.3, -0.25) is 25.2 Å². The summed E-state index contributed by atoms with van der Waals surface area (Å²) in [6.07, 6.45) is 1.57. The van der Waals surface area contributed by atoms with Gasteiger partial charge in [0.05, 0.1) is 23.3 Å². The van der Waals surface area contributed by atoms with Crippen molar-refractivity contribution >= 4 is 39.7 Å². The van der Waals surface area contributed by atoms with Gasteiger partial charge in [0, 0.05) is 11.8 Å². The van der Waals surface area contributed by atoms with Crippen LogP contribution in [0.1, 0.15) is 20.7 Å². The van der Waals surface area contributed by atoms with Gasteiger partial charge >= 0.3 is 0 Å². The Morgan fingerprint density at radius 1 is 0.968 bits per heavy atom. The second-order valence-corrected chi connectivity index (χ2v) is 8.25. The molecule has 31 heavy (non-hydrogen) atoms. The summed E-state index contributed by atoms with van der Waals surface area (Å²) >= 11 is 5.02. The average Bonchev–Trinajstić information content (AvgIpc) is 2.77. The van der Waals surface area contributed by atoms with Crippen molar-refractivity contribution in [1.29, 1.82) is 0 Å². The first-order valence-corrected chi connectivity index (χ1v) is 10.8. The molecule has 3 rings (SSSR count). The molecule has 0 radical (unpaired) electrons. The number of nitrogens with one attached hydrogen (secondary N) is 4. The highest BCUT2D eigenvalue weighted by Crippen LogP contribution is 2.26. The Morgan fingerprint density at radius 2 is 1.71 bits per heavy atom. The third-order valence-corrected chi connectivity index (χ3v) is 5.81. The highest BCUT2D eigenvalue weighted by atomic mass is 32.2. The molecule has 0 saturated carbocycles. The van der Waals surface area contributed by atoms with E-state index in [0.29, 0.717) is 5.75 Å². The molecule has 0 unspecified atom stereocenters. The van der Waals surface area contributed by atoms with Crippen LogP contribution < -0.4 is 20.3 Å². The van der Waals surface area contributed by atoms with E-state index in [2.05, 4.69) is 20.6 Å². The summed E-state index contributed by atoms with van der Waals surface area (Å²) in [6, 6.07) is 15.0. The number of methoxy groups -OCH3 is 1. The zero-order valence-corrected chi connectivity index (χ0v) is 17.8. The molecule has 0 aliphatic carbocycles. The quantitative estimate of drug-likeness (QED) is 0.332. The number of sulfonamides is 1. The van der Waals surface area contributed by atoms with Crippen LogP contribution in [0.5, 0.6) is 5.75 Å². The van der Waals surface area contributed by atoms with Crippen molar-refractivity contribution < 1.29 is 22.7 Å². The van der Waals surface area contributed by atoms with Crippen LogP contribution in [0.15, 0.2) is 71.8 Å². The molecule has 0 aliphatic heterocycles. The lowest BCUT2D eigenvalue weighted by molar-refractivity contribution is 0.0846. The number of anilines is 1. The molecule has 0 atom stereocenters. The number of aromatic amines is 1. The van der Waals surface area contributed by atoms with E-state index in [1.54, 1.807) is 36.5 Å². The Bertz CT molecular complexity index is 1290. The van der Waals surface area contributed by atoms with Gasteiger partial charge in [0.2, 0.25) is 0 Å². The zero-order valence-electron chi connectivity index (χ0n) is 16.2. The minimum absolute atomic E-state index is 0.0291. The molecule has 0 saturated heterocycles. The first-order valence-electron chi connectivity index (χ1n) is 8.86. The summed E-state index contributed by atoms with van der Waals surface area (Å²) in [5, 5.41) is 0. The van der Waals surface area contributed by atoms with Gasteiger partial charge in [-0.2, -0.15) is 0 Å². The third kappa shape index (κ3) is 5.27. The second-order valence-electron chi connectivity index (χ2n) is 6.15. The minimum Gasteiger partial charge on any atom is -0.495 e. The second kappa shape index (κ2) is 9.41. The number of ether oxygens (including phenoxy) is 1. The average molecular weight is 459 g/mol. The molecule has 0 aliphatic rings. The predicted octanol–water partition coefficient (Wildman–Crippen LogP) is 2.63. The van der Waals surface area contributed by atoms with E-state index >= 15 is 0 Å². The molecule has 11 heteroatoms. The fraction of sp³-hybridized carbons (Fsp3) is 0.0500. The first kappa shape index (κ1) is 22.0. The van der Waals surface area contributed by atoms with Crippen LogP contribution in [0.2, 0.25) is 0 Å². The summed E-state index contributed by atoms with van der Waals surface area (Å²) in [7, 11) is -2.57. The van der Waals surface area contributed by atoms with Crippen molar-refractivity contribution in [1.82, 2.24) is 15.8 Å². The number of hydrazine groups is 1. The number of pyridine rings is 1. The Balaban J connectivity index is 1.74. The van der Waals surface area contributed by atoms with Crippen molar-refractivity contribution in [3.05, 3.63) is 82.6 Å². The van der Waals surface area contributed by atoms with Gasteiger partial charge in [-0.25, -0.2) is 8.42 Å². The molecule has 0 fully saturated rings. The summed E-state index contributed by atoms with van der Waals surface area (Å²) in [6.45, 7) is 0. The molecule has 1 heterocycles. The van der Waals surface area contributed by atoms with Gasteiger partial charge in [-0.1, -0.05) is 30.4 Å². The molecular formula is C20H18N4O5S2. The number of carbonyl (C=O) groups is 2. The number of benzene rings is 2. The number of para-hydroxylation sites is 2. The lowest BCUT2D eigenvalue weighted by Crippen LogP contribution is -2.41. The van der Waals surface area contributed by atoms with Gasteiger partial charge in [0.15, 0.2) is 0 Å². The molecule has 3 aromatic rings. The van der Waals surface area contributed by atoms with Crippen LogP contribution in [-0.2, 0) is 10.0 Å².